The minimum Gasteiger partial charge on any atom is -0.333 e. The van der Waals surface area contributed by atoms with Gasteiger partial charge in [-0.05, 0) is 32.3 Å². The van der Waals surface area contributed by atoms with Gasteiger partial charge in [0.25, 0.3) is 0 Å². The lowest BCUT2D eigenvalue weighted by atomic mass is 10.0. The number of aromatic nitrogens is 2. The van der Waals surface area contributed by atoms with Crippen molar-refractivity contribution in [2.75, 3.05) is 0 Å². The summed E-state index contributed by atoms with van der Waals surface area (Å²) >= 11 is 0. The Labute approximate surface area is 123 Å². The lowest BCUT2D eigenvalue weighted by Gasteiger charge is -2.26. The van der Waals surface area contributed by atoms with Crippen LogP contribution >= 0.6 is 0 Å². The molecule has 3 unspecified atom stereocenters. The largest absolute Gasteiger partial charge is 0.333 e. The zero-order valence-electron chi connectivity index (χ0n) is 12.0. The standard InChI is InChI=1S/C16H19F2N3/c1-11(13-6-5-12(17)9-14(13)18)20-15-3-2-4-16(15)21-8-7-19-10-21/h5-11,15-16,20H,2-4H2,1H3. The summed E-state index contributed by atoms with van der Waals surface area (Å²) in [7, 11) is 0. The van der Waals surface area contributed by atoms with Gasteiger partial charge in [0, 0.05) is 42.1 Å². The Balaban J connectivity index is 1.73. The van der Waals surface area contributed by atoms with Crippen molar-refractivity contribution in [2.24, 2.45) is 0 Å². The summed E-state index contributed by atoms with van der Waals surface area (Å²) < 4.78 is 29.0. The lowest BCUT2D eigenvalue weighted by molar-refractivity contribution is 0.358. The molecule has 1 aliphatic carbocycles. The first kappa shape index (κ1) is 14.2. The number of halogens is 2. The number of imidazole rings is 1. The second-order valence-electron chi connectivity index (χ2n) is 5.67. The van der Waals surface area contributed by atoms with E-state index in [1.54, 1.807) is 6.20 Å². The number of hydrogen-bond donors (Lipinski definition) is 1. The highest BCUT2D eigenvalue weighted by atomic mass is 19.1. The fourth-order valence-electron chi connectivity index (χ4n) is 3.22. The number of rotatable bonds is 4. The molecular formula is C16H19F2N3. The van der Waals surface area contributed by atoms with Crippen LogP contribution < -0.4 is 5.32 Å². The van der Waals surface area contributed by atoms with Gasteiger partial charge in [0.2, 0.25) is 0 Å². The van der Waals surface area contributed by atoms with Gasteiger partial charge in [-0.1, -0.05) is 6.07 Å². The Morgan fingerprint density at radius 3 is 2.90 bits per heavy atom. The van der Waals surface area contributed by atoms with Crippen LogP contribution in [-0.4, -0.2) is 15.6 Å². The number of nitrogens with zero attached hydrogens (tertiary/aromatic N) is 2. The molecule has 0 saturated heterocycles. The van der Waals surface area contributed by atoms with Crippen molar-refractivity contribution in [3.8, 4) is 0 Å². The molecule has 1 N–H and O–H groups in total. The van der Waals surface area contributed by atoms with E-state index in [0.29, 0.717) is 11.6 Å². The third kappa shape index (κ3) is 2.97. The molecule has 1 saturated carbocycles. The van der Waals surface area contributed by atoms with Crippen molar-refractivity contribution in [1.82, 2.24) is 14.9 Å². The van der Waals surface area contributed by atoms with E-state index in [1.165, 1.54) is 12.1 Å². The topological polar surface area (TPSA) is 29.9 Å². The van der Waals surface area contributed by atoms with Gasteiger partial charge in [-0.15, -0.1) is 0 Å². The van der Waals surface area contributed by atoms with Crippen LogP contribution in [0.4, 0.5) is 8.78 Å². The van der Waals surface area contributed by atoms with Gasteiger partial charge in [0.05, 0.1) is 6.33 Å². The average Bonchev–Trinajstić information content (AvgIpc) is 3.08. The Kier molecular flexibility index (Phi) is 4.01. The maximum atomic E-state index is 13.9. The van der Waals surface area contributed by atoms with Crippen molar-refractivity contribution in [3.05, 3.63) is 54.1 Å². The summed E-state index contributed by atoms with van der Waals surface area (Å²) in [5.74, 6) is -1.03. The molecule has 2 aromatic rings. The third-order valence-corrected chi connectivity index (χ3v) is 4.28. The van der Waals surface area contributed by atoms with E-state index in [-0.39, 0.29) is 12.1 Å². The molecular weight excluding hydrogens is 272 g/mol. The predicted molar refractivity (Wildman–Crippen MR) is 76.8 cm³/mol. The molecule has 1 fully saturated rings. The molecule has 3 nitrogen and oxygen atoms in total. The van der Waals surface area contributed by atoms with Gasteiger partial charge in [-0.2, -0.15) is 0 Å². The van der Waals surface area contributed by atoms with E-state index in [1.807, 2.05) is 19.4 Å². The maximum Gasteiger partial charge on any atom is 0.130 e. The van der Waals surface area contributed by atoms with Crippen molar-refractivity contribution < 1.29 is 8.78 Å². The summed E-state index contributed by atoms with van der Waals surface area (Å²) in [6, 6.07) is 4.23. The summed E-state index contributed by atoms with van der Waals surface area (Å²) in [6.07, 6.45) is 8.85. The summed E-state index contributed by atoms with van der Waals surface area (Å²) in [6.45, 7) is 1.92. The second kappa shape index (κ2) is 5.93. The summed E-state index contributed by atoms with van der Waals surface area (Å²) in [5.41, 5.74) is 0.507. The monoisotopic (exact) mass is 291 g/mol. The number of hydrogen-bond acceptors (Lipinski definition) is 2. The fourth-order valence-corrected chi connectivity index (χ4v) is 3.22. The minimum atomic E-state index is -0.541. The Morgan fingerprint density at radius 2 is 2.19 bits per heavy atom. The summed E-state index contributed by atoms with van der Waals surface area (Å²) in [4.78, 5) is 4.10. The fraction of sp³-hybridized carbons (Fsp3) is 0.438. The lowest BCUT2D eigenvalue weighted by Crippen LogP contribution is -2.35. The third-order valence-electron chi connectivity index (χ3n) is 4.28. The van der Waals surface area contributed by atoms with Gasteiger partial charge in [0.1, 0.15) is 11.6 Å². The van der Waals surface area contributed by atoms with Crippen LogP contribution in [0.2, 0.25) is 0 Å². The zero-order valence-corrected chi connectivity index (χ0v) is 12.0. The van der Waals surface area contributed by atoms with Crippen LogP contribution in [0.3, 0.4) is 0 Å². The van der Waals surface area contributed by atoms with Gasteiger partial charge >= 0.3 is 0 Å². The highest BCUT2D eigenvalue weighted by Gasteiger charge is 2.29. The first-order valence-corrected chi connectivity index (χ1v) is 7.33. The van der Waals surface area contributed by atoms with Crippen molar-refractivity contribution in [3.63, 3.8) is 0 Å². The van der Waals surface area contributed by atoms with Crippen molar-refractivity contribution in [1.29, 1.82) is 0 Å². The Morgan fingerprint density at radius 1 is 1.33 bits per heavy atom. The second-order valence-corrected chi connectivity index (χ2v) is 5.67. The SMILES string of the molecule is CC(NC1CCCC1n1ccnc1)c1ccc(F)cc1F. The van der Waals surface area contributed by atoms with Gasteiger partial charge < -0.3 is 9.88 Å². The molecule has 3 rings (SSSR count). The zero-order chi connectivity index (χ0) is 14.8. The highest BCUT2D eigenvalue weighted by molar-refractivity contribution is 5.22. The smallest absolute Gasteiger partial charge is 0.130 e. The average molecular weight is 291 g/mol. The van der Waals surface area contributed by atoms with Crippen molar-refractivity contribution >= 4 is 0 Å². The molecule has 0 amide bonds. The van der Waals surface area contributed by atoms with Crippen LogP contribution in [0.5, 0.6) is 0 Å². The van der Waals surface area contributed by atoms with E-state index in [9.17, 15) is 8.78 Å². The van der Waals surface area contributed by atoms with Gasteiger partial charge in [-0.25, -0.2) is 13.8 Å². The molecule has 21 heavy (non-hydrogen) atoms. The van der Waals surface area contributed by atoms with E-state index in [2.05, 4.69) is 14.9 Å². The maximum absolute atomic E-state index is 13.9. The molecule has 112 valence electrons. The minimum absolute atomic E-state index is 0.153. The van der Waals surface area contributed by atoms with Crippen LogP contribution in [0.1, 0.15) is 43.8 Å². The quantitative estimate of drug-likeness (QED) is 0.932. The molecule has 5 heteroatoms. The Bertz CT molecular complexity index is 598. The van der Waals surface area contributed by atoms with Crippen LogP contribution in [0, 0.1) is 11.6 Å². The van der Waals surface area contributed by atoms with Crippen molar-refractivity contribution in [2.45, 2.75) is 44.3 Å². The van der Waals surface area contributed by atoms with E-state index in [4.69, 9.17) is 0 Å². The van der Waals surface area contributed by atoms with Crippen LogP contribution in [0.25, 0.3) is 0 Å². The molecule has 1 heterocycles. The number of benzene rings is 1. The molecule has 3 atom stereocenters. The van der Waals surface area contributed by atoms with Crippen LogP contribution in [-0.2, 0) is 0 Å². The van der Waals surface area contributed by atoms with E-state index >= 15 is 0 Å². The molecule has 0 radical (unpaired) electrons. The van der Waals surface area contributed by atoms with E-state index < -0.39 is 11.6 Å². The molecule has 0 spiro atoms. The molecule has 0 aliphatic heterocycles. The molecule has 1 aromatic heterocycles. The number of nitrogens with one attached hydrogen (secondary N) is 1. The first-order chi connectivity index (χ1) is 10.1. The molecule has 0 bridgehead atoms. The normalized spacial score (nSPS) is 23.4. The highest BCUT2D eigenvalue weighted by Crippen LogP contribution is 2.32. The van der Waals surface area contributed by atoms with E-state index in [0.717, 1.165) is 25.3 Å². The van der Waals surface area contributed by atoms with Gasteiger partial charge in [0.15, 0.2) is 0 Å². The molecule has 1 aromatic carbocycles. The van der Waals surface area contributed by atoms with Gasteiger partial charge in [-0.3, -0.25) is 0 Å². The van der Waals surface area contributed by atoms with Crippen LogP contribution in [0.15, 0.2) is 36.9 Å². The summed E-state index contributed by atoms with van der Waals surface area (Å²) in [5, 5.41) is 3.48. The Hall–Kier alpha value is -1.75. The first-order valence-electron chi connectivity index (χ1n) is 7.33. The molecule has 1 aliphatic rings. The predicted octanol–water partition coefficient (Wildman–Crippen LogP) is 3.61.